The van der Waals surface area contributed by atoms with Gasteiger partial charge < -0.3 is 15.3 Å². The van der Waals surface area contributed by atoms with Crippen molar-refractivity contribution >= 4 is 5.91 Å². The maximum Gasteiger partial charge on any atom is 0.223 e. The van der Waals surface area contributed by atoms with Crippen molar-refractivity contribution in [2.75, 3.05) is 20.1 Å². The van der Waals surface area contributed by atoms with E-state index >= 15 is 0 Å². The van der Waals surface area contributed by atoms with Crippen LogP contribution in [-0.2, 0) is 4.79 Å². The molecular formula is C13H26N2O2. The molecule has 1 saturated carbocycles. The Hall–Kier alpha value is -0.610. The summed E-state index contributed by atoms with van der Waals surface area (Å²) < 4.78 is 0. The highest BCUT2D eigenvalue weighted by Crippen LogP contribution is 2.29. The Kier molecular flexibility index (Phi) is 5.40. The summed E-state index contributed by atoms with van der Waals surface area (Å²) >= 11 is 0. The van der Waals surface area contributed by atoms with E-state index in [1.165, 1.54) is 0 Å². The van der Waals surface area contributed by atoms with Crippen molar-refractivity contribution < 1.29 is 9.90 Å². The van der Waals surface area contributed by atoms with E-state index in [0.717, 1.165) is 32.2 Å². The minimum Gasteiger partial charge on any atom is -0.388 e. The van der Waals surface area contributed by atoms with E-state index in [-0.39, 0.29) is 11.9 Å². The summed E-state index contributed by atoms with van der Waals surface area (Å²) in [6, 6.07) is 0.202. The summed E-state index contributed by atoms with van der Waals surface area (Å²) in [7, 11) is 1.79. The summed E-state index contributed by atoms with van der Waals surface area (Å²) in [5.41, 5.74) is -0.633. The Balaban J connectivity index is 2.36. The van der Waals surface area contributed by atoms with Crippen molar-refractivity contribution in [3.05, 3.63) is 0 Å². The van der Waals surface area contributed by atoms with E-state index in [9.17, 15) is 9.90 Å². The maximum absolute atomic E-state index is 11.9. The summed E-state index contributed by atoms with van der Waals surface area (Å²) in [5.74, 6) is 0.110. The standard InChI is InChI=1S/C13H26N2O2/c1-4-14-11(2)9-12(16)15(3)10-13(17)7-5-6-8-13/h11,14,17H,4-10H2,1-3H3. The zero-order valence-corrected chi connectivity index (χ0v) is 11.3. The summed E-state index contributed by atoms with van der Waals surface area (Å²) in [6.07, 6.45) is 4.31. The summed E-state index contributed by atoms with van der Waals surface area (Å²) in [4.78, 5) is 13.6. The summed E-state index contributed by atoms with van der Waals surface area (Å²) in [5, 5.41) is 13.5. The first-order chi connectivity index (χ1) is 7.97. The van der Waals surface area contributed by atoms with Crippen LogP contribution in [0.5, 0.6) is 0 Å². The van der Waals surface area contributed by atoms with E-state index in [2.05, 4.69) is 5.32 Å². The third-order valence-electron chi connectivity index (χ3n) is 3.52. The van der Waals surface area contributed by atoms with E-state index in [1.54, 1.807) is 11.9 Å². The van der Waals surface area contributed by atoms with Crippen LogP contribution in [0.1, 0.15) is 46.0 Å². The van der Waals surface area contributed by atoms with Gasteiger partial charge in [0.2, 0.25) is 5.91 Å². The fourth-order valence-corrected chi connectivity index (χ4v) is 2.56. The Bertz CT molecular complexity index is 250. The average Bonchev–Trinajstić information content (AvgIpc) is 2.65. The van der Waals surface area contributed by atoms with Gasteiger partial charge in [0.1, 0.15) is 0 Å². The molecule has 100 valence electrons. The third-order valence-corrected chi connectivity index (χ3v) is 3.52. The van der Waals surface area contributed by atoms with Crippen molar-refractivity contribution in [1.82, 2.24) is 10.2 Å². The van der Waals surface area contributed by atoms with Gasteiger partial charge in [-0.2, -0.15) is 0 Å². The molecule has 1 amide bonds. The number of aliphatic hydroxyl groups is 1. The SMILES string of the molecule is CCNC(C)CC(=O)N(C)CC1(O)CCCC1. The molecule has 1 fully saturated rings. The number of rotatable bonds is 6. The highest BCUT2D eigenvalue weighted by Gasteiger charge is 2.33. The molecule has 1 aliphatic rings. The van der Waals surface area contributed by atoms with Gasteiger partial charge in [0.25, 0.3) is 0 Å². The minimum absolute atomic E-state index is 0.110. The lowest BCUT2D eigenvalue weighted by Gasteiger charge is -2.29. The Morgan fingerprint density at radius 2 is 2.06 bits per heavy atom. The van der Waals surface area contributed by atoms with Gasteiger partial charge in [-0.15, -0.1) is 0 Å². The van der Waals surface area contributed by atoms with Crippen LogP contribution in [0.3, 0.4) is 0 Å². The second-order valence-corrected chi connectivity index (χ2v) is 5.34. The Labute approximate surface area is 104 Å². The zero-order chi connectivity index (χ0) is 12.9. The number of likely N-dealkylation sites (N-methyl/N-ethyl adjacent to an activating group) is 1. The topological polar surface area (TPSA) is 52.6 Å². The number of amides is 1. The second-order valence-electron chi connectivity index (χ2n) is 5.34. The largest absolute Gasteiger partial charge is 0.388 e. The van der Waals surface area contributed by atoms with Gasteiger partial charge in [-0.3, -0.25) is 4.79 Å². The quantitative estimate of drug-likeness (QED) is 0.734. The van der Waals surface area contributed by atoms with Crippen LogP contribution in [0.4, 0.5) is 0 Å². The highest BCUT2D eigenvalue weighted by molar-refractivity contribution is 5.76. The highest BCUT2D eigenvalue weighted by atomic mass is 16.3. The number of hydrogen-bond acceptors (Lipinski definition) is 3. The van der Waals surface area contributed by atoms with Gasteiger partial charge in [-0.1, -0.05) is 19.8 Å². The van der Waals surface area contributed by atoms with Crippen LogP contribution < -0.4 is 5.32 Å². The van der Waals surface area contributed by atoms with E-state index in [4.69, 9.17) is 0 Å². The van der Waals surface area contributed by atoms with Crippen LogP contribution in [0.2, 0.25) is 0 Å². The molecule has 0 heterocycles. The Morgan fingerprint density at radius 1 is 1.47 bits per heavy atom. The van der Waals surface area contributed by atoms with Crippen molar-refractivity contribution in [3.63, 3.8) is 0 Å². The lowest BCUT2D eigenvalue weighted by Crippen LogP contribution is -2.43. The molecule has 17 heavy (non-hydrogen) atoms. The van der Waals surface area contributed by atoms with Crippen LogP contribution in [0, 0.1) is 0 Å². The average molecular weight is 242 g/mol. The monoisotopic (exact) mass is 242 g/mol. The maximum atomic E-state index is 11.9. The fourth-order valence-electron chi connectivity index (χ4n) is 2.56. The van der Waals surface area contributed by atoms with Crippen LogP contribution >= 0.6 is 0 Å². The fraction of sp³-hybridized carbons (Fsp3) is 0.923. The molecule has 0 aliphatic heterocycles. The molecule has 1 rings (SSSR count). The molecule has 0 radical (unpaired) electrons. The molecule has 1 atom stereocenters. The van der Waals surface area contributed by atoms with Gasteiger partial charge in [-0.05, 0) is 26.3 Å². The van der Waals surface area contributed by atoms with Crippen molar-refractivity contribution in [1.29, 1.82) is 0 Å². The molecule has 0 bridgehead atoms. The normalized spacial score (nSPS) is 20.2. The van der Waals surface area contributed by atoms with Crippen molar-refractivity contribution in [3.8, 4) is 0 Å². The predicted octanol–water partition coefficient (Wildman–Crippen LogP) is 1.14. The van der Waals surface area contributed by atoms with Crippen molar-refractivity contribution in [2.24, 2.45) is 0 Å². The number of carbonyl (C=O) groups is 1. The minimum atomic E-state index is -0.633. The van der Waals surface area contributed by atoms with Gasteiger partial charge in [0.05, 0.1) is 5.60 Å². The van der Waals surface area contributed by atoms with Crippen LogP contribution in [-0.4, -0.2) is 47.7 Å². The first-order valence-electron chi connectivity index (χ1n) is 6.66. The molecule has 0 aromatic carbocycles. The summed E-state index contributed by atoms with van der Waals surface area (Å²) in [6.45, 7) is 5.40. The number of nitrogens with one attached hydrogen (secondary N) is 1. The molecule has 0 saturated heterocycles. The molecule has 2 N–H and O–H groups in total. The molecule has 0 aromatic rings. The van der Waals surface area contributed by atoms with E-state index in [0.29, 0.717) is 13.0 Å². The molecular weight excluding hydrogens is 216 g/mol. The smallest absolute Gasteiger partial charge is 0.223 e. The predicted molar refractivity (Wildman–Crippen MR) is 68.8 cm³/mol. The lowest BCUT2D eigenvalue weighted by atomic mass is 10.0. The molecule has 4 nitrogen and oxygen atoms in total. The first-order valence-corrected chi connectivity index (χ1v) is 6.66. The zero-order valence-electron chi connectivity index (χ0n) is 11.3. The third kappa shape index (κ3) is 4.64. The van der Waals surface area contributed by atoms with E-state index < -0.39 is 5.60 Å². The van der Waals surface area contributed by atoms with E-state index in [1.807, 2.05) is 13.8 Å². The van der Waals surface area contributed by atoms with Crippen LogP contribution in [0.15, 0.2) is 0 Å². The van der Waals surface area contributed by atoms with Gasteiger partial charge in [-0.25, -0.2) is 0 Å². The number of hydrogen-bond donors (Lipinski definition) is 2. The Morgan fingerprint density at radius 3 is 2.59 bits per heavy atom. The molecule has 0 spiro atoms. The van der Waals surface area contributed by atoms with Gasteiger partial charge in [0.15, 0.2) is 0 Å². The molecule has 0 aromatic heterocycles. The molecule has 4 heteroatoms. The second kappa shape index (κ2) is 6.36. The van der Waals surface area contributed by atoms with Crippen molar-refractivity contribution in [2.45, 2.75) is 57.6 Å². The number of nitrogens with zero attached hydrogens (tertiary/aromatic N) is 1. The van der Waals surface area contributed by atoms with Gasteiger partial charge in [0, 0.05) is 26.1 Å². The van der Waals surface area contributed by atoms with Gasteiger partial charge >= 0.3 is 0 Å². The first kappa shape index (κ1) is 14.5. The van der Waals surface area contributed by atoms with Crippen LogP contribution in [0.25, 0.3) is 0 Å². The molecule has 1 aliphatic carbocycles. The molecule has 1 unspecified atom stereocenters. The number of carbonyl (C=O) groups excluding carboxylic acids is 1. The lowest BCUT2D eigenvalue weighted by molar-refractivity contribution is -0.133.